The number of rotatable bonds is 4. The Hall–Kier alpha value is -2.09. The van der Waals surface area contributed by atoms with Crippen LogP contribution in [0.15, 0.2) is 24.3 Å². The molecule has 8 heteroatoms. The lowest BCUT2D eigenvalue weighted by atomic mass is 10.1. The second-order valence-electron chi connectivity index (χ2n) is 5.29. The number of hydrogen-bond acceptors (Lipinski definition) is 3. The Morgan fingerprint density at radius 3 is 2.48 bits per heavy atom. The molecule has 0 unspecified atom stereocenters. The molecule has 126 valence electrons. The van der Waals surface area contributed by atoms with Crippen molar-refractivity contribution in [2.75, 3.05) is 19.8 Å². The van der Waals surface area contributed by atoms with Crippen LogP contribution < -0.4 is 0 Å². The zero-order chi connectivity index (χ0) is 17.0. The van der Waals surface area contributed by atoms with Gasteiger partial charge in [-0.25, -0.2) is 0 Å². The fraction of sp³-hybridized carbons (Fsp3) is 0.467. The van der Waals surface area contributed by atoms with Crippen LogP contribution in [0, 0.1) is 0 Å². The van der Waals surface area contributed by atoms with Crippen molar-refractivity contribution in [2.45, 2.75) is 25.1 Å². The number of aliphatic carboxylic acids is 1. The highest BCUT2D eigenvalue weighted by Gasteiger charge is 2.31. The summed E-state index contributed by atoms with van der Waals surface area (Å²) in [6.07, 6.45) is -4.72. The first-order valence-corrected chi connectivity index (χ1v) is 7.02. The van der Waals surface area contributed by atoms with Gasteiger partial charge in [0.1, 0.15) is 0 Å². The van der Waals surface area contributed by atoms with E-state index < -0.39 is 23.8 Å². The van der Waals surface area contributed by atoms with E-state index in [4.69, 9.17) is 9.84 Å². The quantitative estimate of drug-likeness (QED) is 0.916. The van der Waals surface area contributed by atoms with E-state index in [9.17, 15) is 22.8 Å². The third kappa shape index (κ3) is 4.69. The summed E-state index contributed by atoms with van der Waals surface area (Å²) in [5.74, 6) is -1.35. The van der Waals surface area contributed by atoms with E-state index in [1.54, 1.807) is 0 Å². The van der Waals surface area contributed by atoms with Gasteiger partial charge < -0.3 is 14.7 Å². The lowest BCUT2D eigenvalue weighted by Gasteiger charge is -2.35. The van der Waals surface area contributed by atoms with E-state index in [2.05, 4.69) is 0 Å². The number of amides is 1. The van der Waals surface area contributed by atoms with E-state index in [-0.39, 0.29) is 31.9 Å². The second-order valence-corrected chi connectivity index (χ2v) is 5.29. The number of carboxylic acid groups (broad SMARTS) is 1. The van der Waals surface area contributed by atoms with Crippen LogP contribution in [0.5, 0.6) is 0 Å². The molecule has 1 heterocycles. The molecular weight excluding hydrogens is 315 g/mol. The third-order valence-electron chi connectivity index (χ3n) is 3.59. The van der Waals surface area contributed by atoms with Crippen molar-refractivity contribution in [3.8, 4) is 0 Å². The van der Waals surface area contributed by atoms with Crippen LogP contribution in [0.1, 0.15) is 17.5 Å². The average Bonchev–Trinajstić information content (AvgIpc) is 2.46. The maximum absolute atomic E-state index is 12.5. The first-order chi connectivity index (χ1) is 10.8. The predicted octanol–water partition coefficient (Wildman–Crippen LogP) is 1.95. The molecule has 1 aliphatic heterocycles. The zero-order valence-corrected chi connectivity index (χ0v) is 12.2. The number of alkyl halides is 3. The molecule has 23 heavy (non-hydrogen) atoms. The lowest BCUT2D eigenvalue weighted by Crippen LogP contribution is -2.50. The Morgan fingerprint density at radius 1 is 1.26 bits per heavy atom. The van der Waals surface area contributed by atoms with Gasteiger partial charge in [-0.2, -0.15) is 13.2 Å². The van der Waals surface area contributed by atoms with Crippen molar-refractivity contribution in [1.82, 2.24) is 4.90 Å². The van der Waals surface area contributed by atoms with Gasteiger partial charge in [-0.1, -0.05) is 12.1 Å². The molecule has 1 aliphatic rings. The van der Waals surface area contributed by atoms with Crippen molar-refractivity contribution in [1.29, 1.82) is 0 Å². The monoisotopic (exact) mass is 331 g/mol. The van der Waals surface area contributed by atoms with Gasteiger partial charge in [-0.05, 0) is 17.7 Å². The van der Waals surface area contributed by atoms with E-state index in [0.29, 0.717) is 12.2 Å². The fourth-order valence-electron chi connectivity index (χ4n) is 2.44. The molecule has 1 N–H and O–H groups in total. The van der Waals surface area contributed by atoms with Gasteiger partial charge in [-0.15, -0.1) is 0 Å². The van der Waals surface area contributed by atoms with Crippen molar-refractivity contribution in [2.24, 2.45) is 0 Å². The highest BCUT2D eigenvalue weighted by Crippen LogP contribution is 2.29. The molecule has 1 saturated heterocycles. The van der Waals surface area contributed by atoms with Gasteiger partial charge >= 0.3 is 12.1 Å². The van der Waals surface area contributed by atoms with Gasteiger partial charge in [0.25, 0.3) is 0 Å². The second kappa shape index (κ2) is 6.99. The lowest BCUT2D eigenvalue weighted by molar-refractivity contribution is -0.146. The molecule has 1 amide bonds. The van der Waals surface area contributed by atoms with Gasteiger partial charge in [-0.3, -0.25) is 9.59 Å². The molecule has 1 aromatic rings. The SMILES string of the molecule is O=C(O)C[C@H]1COCCN1C(=O)Cc1ccc(C(F)(F)F)cc1. The van der Waals surface area contributed by atoms with Gasteiger partial charge in [0.2, 0.25) is 5.91 Å². The highest BCUT2D eigenvalue weighted by atomic mass is 19.4. The van der Waals surface area contributed by atoms with Crippen LogP contribution in [-0.4, -0.2) is 47.7 Å². The maximum Gasteiger partial charge on any atom is 0.416 e. The fourth-order valence-corrected chi connectivity index (χ4v) is 2.44. The summed E-state index contributed by atoms with van der Waals surface area (Å²) in [7, 11) is 0. The number of hydrogen-bond donors (Lipinski definition) is 1. The number of nitrogens with zero attached hydrogens (tertiary/aromatic N) is 1. The summed E-state index contributed by atoms with van der Waals surface area (Å²) < 4.78 is 42.7. The Kier molecular flexibility index (Phi) is 5.25. The minimum Gasteiger partial charge on any atom is -0.481 e. The molecule has 0 aromatic heterocycles. The third-order valence-corrected chi connectivity index (χ3v) is 3.59. The Morgan fingerprint density at radius 2 is 1.91 bits per heavy atom. The first-order valence-electron chi connectivity index (χ1n) is 7.02. The van der Waals surface area contributed by atoms with Crippen molar-refractivity contribution in [3.63, 3.8) is 0 Å². The largest absolute Gasteiger partial charge is 0.481 e. The molecule has 2 rings (SSSR count). The van der Waals surface area contributed by atoms with E-state index in [0.717, 1.165) is 12.1 Å². The minimum atomic E-state index is -4.42. The molecule has 0 spiro atoms. The standard InChI is InChI=1S/C15H16F3NO4/c16-15(17,18)11-3-1-10(2-4-11)7-13(20)19-5-6-23-9-12(19)8-14(21)22/h1-4,12H,5-9H2,(H,21,22)/t12-/m0/s1. The molecule has 0 radical (unpaired) electrons. The Labute approximate surface area is 130 Å². The molecule has 0 bridgehead atoms. The molecule has 1 aromatic carbocycles. The van der Waals surface area contributed by atoms with Crippen molar-refractivity contribution in [3.05, 3.63) is 35.4 Å². The minimum absolute atomic E-state index is 0.0751. The average molecular weight is 331 g/mol. The van der Waals surface area contributed by atoms with Gasteiger partial charge in [0.05, 0.1) is 37.7 Å². The van der Waals surface area contributed by atoms with E-state index in [1.807, 2.05) is 0 Å². The van der Waals surface area contributed by atoms with Crippen LogP contribution >= 0.6 is 0 Å². The highest BCUT2D eigenvalue weighted by molar-refractivity contribution is 5.80. The number of carbonyl (C=O) groups is 2. The summed E-state index contributed by atoms with van der Waals surface area (Å²) in [5.41, 5.74) is -0.326. The number of halogens is 3. The first kappa shape index (κ1) is 17.3. The molecular formula is C15H16F3NO4. The van der Waals surface area contributed by atoms with Crippen molar-refractivity contribution < 1.29 is 32.6 Å². The Bertz CT molecular complexity index is 571. The van der Waals surface area contributed by atoms with Gasteiger partial charge in [0, 0.05) is 6.54 Å². The number of carboxylic acids is 1. The summed E-state index contributed by atoms with van der Waals surface area (Å²) in [4.78, 5) is 24.5. The topological polar surface area (TPSA) is 66.8 Å². The molecule has 0 saturated carbocycles. The van der Waals surface area contributed by atoms with Crippen LogP contribution in [0.2, 0.25) is 0 Å². The number of carbonyl (C=O) groups excluding carboxylic acids is 1. The van der Waals surface area contributed by atoms with Crippen LogP contribution in [-0.2, 0) is 26.9 Å². The summed E-state index contributed by atoms with van der Waals surface area (Å²) in [5, 5.41) is 8.86. The zero-order valence-electron chi connectivity index (χ0n) is 12.2. The van der Waals surface area contributed by atoms with Crippen molar-refractivity contribution >= 4 is 11.9 Å². The summed E-state index contributed by atoms with van der Waals surface area (Å²) in [6.45, 7) is 0.733. The molecule has 1 atom stereocenters. The number of benzene rings is 1. The van der Waals surface area contributed by atoms with Crippen LogP contribution in [0.3, 0.4) is 0 Å². The number of morpholine rings is 1. The Balaban J connectivity index is 2.03. The number of ether oxygens (including phenoxy) is 1. The predicted molar refractivity (Wildman–Crippen MR) is 73.7 cm³/mol. The molecule has 0 aliphatic carbocycles. The summed E-state index contributed by atoms with van der Waals surface area (Å²) in [6, 6.07) is 3.82. The molecule has 5 nitrogen and oxygen atoms in total. The van der Waals surface area contributed by atoms with Crippen LogP contribution in [0.25, 0.3) is 0 Å². The normalized spacial score (nSPS) is 18.7. The summed E-state index contributed by atoms with van der Waals surface area (Å²) >= 11 is 0. The molecule has 1 fully saturated rings. The van der Waals surface area contributed by atoms with E-state index in [1.165, 1.54) is 17.0 Å². The van der Waals surface area contributed by atoms with Crippen LogP contribution in [0.4, 0.5) is 13.2 Å². The van der Waals surface area contributed by atoms with E-state index >= 15 is 0 Å². The van der Waals surface area contributed by atoms with Gasteiger partial charge in [0.15, 0.2) is 0 Å². The maximum atomic E-state index is 12.5. The smallest absolute Gasteiger partial charge is 0.416 e.